The van der Waals surface area contributed by atoms with Crippen LogP contribution in [0.2, 0.25) is 0 Å². The van der Waals surface area contributed by atoms with Crippen LogP contribution in [0, 0.1) is 0 Å². The number of rotatable bonds is 8. The Morgan fingerprint density at radius 2 is 0.656 bits per heavy atom. The summed E-state index contributed by atoms with van der Waals surface area (Å²) in [4.78, 5) is 15.6. The number of aromatic nitrogens is 4. The molecule has 0 aliphatic heterocycles. The van der Waals surface area contributed by atoms with E-state index in [4.69, 9.17) is 15.0 Å². The molecule has 0 saturated heterocycles. The highest BCUT2D eigenvalue weighted by molar-refractivity contribution is 6.10. The highest BCUT2D eigenvalue weighted by Crippen LogP contribution is 2.40. The van der Waals surface area contributed by atoms with Crippen LogP contribution in [0.25, 0.3) is 106 Å². The first-order valence-electron chi connectivity index (χ1n) is 20.6. The molecule has 9 aromatic carbocycles. The quantitative estimate of drug-likeness (QED) is 0.154. The zero-order valence-electron chi connectivity index (χ0n) is 33.2. The molecule has 0 spiro atoms. The average molecular weight is 779 g/mol. The van der Waals surface area contributed by atoms with E-state index >= 15 is 0 Å². The lowest BCUT2D eigenvalue weighted by molar-refractivity contribution is 1.07. The first kappa shape index (κ1) is 35.9. The molecule has 0 atom stereocenters. The fourth-order valence-corrected chi connectivity index (χ4v) is 8.43. The molecule has 11 aromatic rings. The molecule has 0 bridgehead atoms. The lowest BCUT2D eigenvalue weighted by Crippen LogP contribution is -2.02. The maximum Gasteiger partial charge on any atom is 0.164 e. The summed E-state index contributed by atoms with van der Waals surface area (Å²) >= 11 is 0. The second kappa shape index (κ2) is 15.5. The summed E-state index contributed by atoms with van der Waals surface area (Å²) in [5.74, 6) is 1.84. The van der Waals surface area contributed by atoms with Gasteiger partial charge in [-0.15, -0.1) is 0 Å². The monoisotopic (exact) mass is 778 g/mol. The van der Waals surface area contributed by atoms with E-state index in [0.29, 0.717) is 17.5 Å². The van der Waals surface area contributed by atoms with Gasteiger partial charge in [-0.25, -0.2) is 15.0 Å². The fourth-order valence-electron chi connectivity index (χ4n) is 8.43. The summed E-state index contributed by atoms with van der Waals surface area (Å²) in [6.07, 6.45) is 0. The van der Waals surface area contributed by atoms with Crippen molar-refractivity contribution in [3.8, 4) is 84.4 Å². The van der Waals surface area contributed by atoms with Crippen molar-refractivity contribution in [1.29, 1.82) is 0 Å². The lowest BCUT2D eigenvalue weighted by atomic mass is 9.99. The van der Waals surface area contributed by atoms with Gasteiger partial charge in [-0.2, -0.15) is 0 Å². The molecule has 11 rings (SSSR count). The number of fused-ring (bicyclic) bond motifs is 3. The van der Waals surface area contributed by atoms with E-state index in [2.05, 4.69) is 223 Å². The largest absolute Gasteiger partial charge is 0.309 e. The summed E-state index contributed by atoms with van der Waals surface area (Å²) < 4.78 is 2.41. The highest BCUT2D eigenvalue weighted by Gasteiger charge is 2.19. The Balaban J connectivity index is 1.11. The van der Waals surface area contributed by atoms with Crippen molar-refractivity contribution < 1.29 is 0 Å². The zero-order chi connectivity index (χ0) is 40.5. The molecule has 0 saturated carbocycles. The average Bonchev–Trinajstić information content (AvgIpc) is 3.68. The lowest BCUT2D eigenvalue weighted by Gasteiger charge is -2.16. The number of hydrogen-bond acceptors (Lipinski definition) is 3. The van der Waals surface area contributed by atoms with Crippen molar-refractivity contribution in [2.75, 3.05) is 0 Å². The van der Waals surface area contributed by atoms with Crippen molar-refractivity contribution in [2.45, 2.75) is 0 Å². The summed E-state index contributed by atoms with van der Waals surface area (Å²) in [5.41, 5.74) is 15.2. The molecule has 0 fully saturated rings. The van der Waals surface area contributed by atoms with Crippen molar-refractivity contribution >= 4 is 21.8 Å². The van der Waals surface area contributed by atoms with Crippen molar-refractivity contribution in [3.05, 3.63) is 231 Å². The smallest absolute Gasteiger partial charge is 0.164 e. The Bertz CT molecular complexity index is 3320. The van der Waals surface area contributed by atoms with Gasteiger partial charge in [-0.05, 0) is 75.3 Å². The number of para-hydroxylation sites is 1. The van der Waals surface area contributed by atoms with Gasteiger partial charge in [0, 0.05) is 33.0 Å². The first-order chi connectivity index (χ1) is 30.2. The van der Waals surface area contributed by atoms with Crippen molar-refractivity contribution in [3.63, 3.8) is 0 Å². The topological polar surface area (TPSA) is 43.6 Å². The summed E-state index contributed by atoms with van der Waals surface area (Å²) in [6, 6.07) is 81.2. The van der Waals surface area contributed by atoms with E-state index in [1.54, 1.807) is 0 Å². The van der Waals surface area contributed by atoms with Gasteiger partial charge in [0.25, 0.3) is 0 Å². The molecular weight excluding hydrogens is 741 g/mol. The third-order valence-electron chi connectivity index (χ3n) is 11.5. The molecule has 2 heterocycles. The Kier molecular flexibility index (Phi) is 9.14. The Morgan fingerprint density at radius 3 is 1.30 bits per heavy atom. The summed E-state index contributed by atoms with van der Waals surface area (Å²) in [7, 11) is 0. The van der Waals surface area contributed by atoms with Gasteiger partial charge in [0.15, 0.2) is 17.5 Å². The van der Waals surface area contributed by atoms with Crippen LogP contribution >= 0.6 is 0 Å². The summed E-state index contributed by atoms with van der Waals surface area (Å²) in [5, 5.41) is 2.42. The van der Waals surface area contributed by atoms with Crippen LogP contribution < -0.4 is 0 Å². The van der Waals surface area contributed by atoms with Crippen molar-refractivity contribution in [1.82, 2.24) is 19.5 Å². The fraction of sp³-hybridized carbons (Fsp3) is 0. The predicted octanol–water partition coefficient (Wildman–Crippen LogP) is 14.6. The van der Waals surface area contributed by atoms with Crippen LogP contribution in [0.5, 0.6) is 0 Å². The number of hydrogen-bond donors (Lipinski definition) is 0. The summed E-state index contributed by atoms with van der Waals surface area (Å²) in [6.45, 7) is 0. The number of benzene rings is 9. The number of nitrogens with zero attached hydrogens (tertiary/aromatic N) is 4. The SMILES string of the molecule is c1ccc(-c2ccc(-c3nc(-c4cccc(-c5ccccc5)c4)nc(-c4ccc(-n5c6ccccc6c6ccc(-c7ccccc7)cc65)c(-c5ccccc5)c4)n3)cc2)cc1. The van der Waals surface area contributed by atoms with E-state index in [1.165, 1.54) is 21.9 Å². The van der Waals surface area contributed by atoms with Crippen LogP contribution in [0.1, 0.15) is 0 Å². The first-order valence-corrected chi connectivity index (χ1v) is 20.6. The third-order valence-corrected chi connectivity index (χ3v) is 11.5. The van der Waals surface area contributed by atoms with Crippen LogP contribution in [0.4, 0.5) is 0 Å². The Hall–Kier alpha value is -8.21. The van der Waals surface area contributed by atoms with E-state index in [-0.39, 0.29) is 0 Å². The maximum atomic E-state index is 5.24. The van der Waals surface area contributed by atoms with Gasteiger partial charge >= 0.3 is 0 Å². The highest BCUT2D eigenvalue weighted by atomic mass is 15.0. The van der Waals surface area contributed by atoms with Gasteiger partial charge < -0.3 is 4.57 Å². The molecule has 0 unspecified atom stereocenters. The molecule has 61 heavy (non-hydrogen) atoms. The zero-order valence-corrected chi connectivity index (χ0v) is 33.2. The predicted molar refractivity (Wildman–Crippen MR) is 252 cm³/mol. The molecule has 0 aliphatic rings. The van der Waals surface area contributed by atoms with E-state index < -0.39 is 0 Å². The molecule has 286 valence electrons. The molecular formula is C57H38N4. The molecule has 2 aromatic heterocycles. The van der Waals surface area contributed by atoms with Gasteiger partial charge in [0.05, 0.1) is 16.7 Å². The standard InChI is InChI=1S/C57H38N4/c1-5-16-39(17-6-1)42-28-30-44(31-29-42)55-58-56(47-25-15-24-45(36-47)40-18-7-2-8-19-40)60-57(59-55)48-33-35-53(51(37-48)43-22-11-4-12-23-43)61-52-27-14-13-26-49(52)50-34-32-46(38-54(50)61)41-20-9-3-10-21-41/h1-38H. The second-order valence-electron chi connectivity index (χ2n) is 15.2. The molecule has 4 heteroatoms. The van der Waals surface area contributed by atoms with Gasteiger partial charge in [0.1, 0.15) is 0 Å². The van der Waals surface area contributed by atoms with Gasteiger partial charge in [-0.3, -0.25) is 0 Å². The minimum absolute atomic E-state index is 0.606. The maximum absolute atomic E-state index is 5.24. The van der Waals surface area contributed by atoms with Crippen LogP contribution in [0.15, 0.2) is 231 Å². The molecule has 0 N–H and O–H groups in total. The molecule has 0 radical (unpaired) electrons. The Labute approximate surface area is 354 Å². The molecule has 0 aliphatic carbocycles. The van der Waals surface area contributed by atoms with E-state index in [9.17, 15) is 0 Å². The Morgan fingerprint density at radius 1 is 0.246 bits per heavy atom. The minimum Gasteiger partial charge on any atom is -0.309 e. The normalized spacial score (nSPS) is 11.3. The van der Waals surface area contributed by atoms with Gasteiger partial charge in [0.2, 0.25) is 0 Å². The molecule has 0 amide bonds. The third kappa shape index (κ3) is 6.86. The molecule has 4 nitrogen and oxygen atoms in total. The van der Waals surface area contributed by atoms with E-state index in [1.807, 2.05) is 12.1 Å². The van der Waals surface area contributed by atoms with Crippen LogP contribution in [0.3, 0.4) is 0 Å². The van der Waals surface area contributed by atoms with Crippen LogP contribution in [-0.4, -0.2) is 19.5 Å². The van der Waals surface area contributed by atoms with Crippen LogP contribution in [-0.2, 0) is 0 Å². The van der Waals surface area contributed by atoms with E-state index in [0.717, 1.165) is 66.8 Å². The van der Waals surface area contributed by atoms with Crippen molar-refractivity contribution in [2.24, 2.45) is 0 Å². The van der Waals surface area contributed by atoms with Gasteiger partial charge in [-0.1, -0.05) is 194 Å². The second-order valence-corrected chi connectivity index (χ2v) is 15.2. The minimum atomic E-state index is 0.606.